The van der Waals surface area contributed by atoms with Gasteiger partial charge in [0.15, 0.2) is 0 Å². The average molecular weight is 230 g/mol. The van der Waals surface area contributed by atoms with Crippen molar-refractivity contribution >= 4 is 11.6 Å². The summed E-state index contributed by atoms with van der Waals surface area (Å²) in [7, 11) is 0. The molecular weight excluding hydrogens is 218 g/mol. The highest BCUT2D eigenvalue weighted by Gasteiger charge is 2.40. The lowest BCUT2D eigenvalue weighted by atomic mass is 9.92. The topological polar surface area (TPSA) is 63.4 Å². The standard InChI is InChI=1S/C10H12ClNO3/c1-10(2,12(14)15)9(13)7-4-3-5-8(11)6-7/h3-6,9,13H,1-2H3. The lowest BCUT2D eigenvalue weighted by Crippen LogP contribution is -2.38. The van der Waals surface area contributed by atoms with E-state index in [-0.39, 0.29) is 0 Å². The zero-order chi connectivity index (χ0) is 11.6. The molecule has 1 atom stereocenters. The third-order valence-corrected chi connectivity index (χ3v) is 2.54. The van der Waals surface area contributed by atoms with Crippen molar-refractivity contribution in [2.75, 3.05) is 0 Å². The molecule has 0 aliphatic heterocycles. The van der Waals surface area contributed by atoms with E-state index in [1.807, 2.05) is 0 Å². The minimum atomic E-state index is -1.43. The van der Waals surface area contributed by atoms with Crippen LogP contribution in [0.25, 0.3) is 0 Å². The van der Waals surface area contributed by atoms with Gasteiger partial charge in [-0.05, 0) is 17.7 Å². The van der Waals surface area contributed by atoms with Crippen molar-refractivity contribution in [3.8, 4) is 0 Å². The van der Waals surface area contributed by atoms with Gasteiger partial charge in [-0.25, -0.2) is 0 Å². The van der Waals surface area contributed by atoms with Gasteiger partial charge in [-0.2, -0.15) is 0 Å². The summed E-state index contributed by atoms with van der Waals surface area (Å²) in [5.74, 6) is 0. The Morgan fingerprint density at radius 1 is 1.53 bits per heavy atom. The fourth-order valence-corrected chi connectivity index (χ4v) is 1.38. The molecule has 1 unspecified atom stereocenters. The van der Waals surface area contributed by atoms with Gasteiger partial charge in [0.1, 0.15) is 6.10 Å². The third kappa shape index (κ3) is 2.46. The molecule has 0 spiro atoms. The van der Waals surface area contributed by atoms with Crippen LogP contribution in [-0.4, -0.2) is 15.6 Å². The van der Waals surface area contributed by atoms with Crippen molar-refractivity contribution in [1.82, 2.24) is 0 Å². The predicted octanol–water partition coefficient (Wildman–Crippen LogP) is 2.43. The van der Waals surface area contributed by atoms with E-state index < -0.39 is 16.6 Å². The zero-order valence-corrected chi connectivity index (χ0v) is 9.23. The molecule has 82 valence electrons. The highest BCUT2D eigenvalue weighted by Crippen LogP contribution is 2.29. The third-order valence-electron chi connectivity index (χ3n) is 2.30. The second kappa shape index (κ2) is 4.16. The number of hydrogen-bond donors (Lipinski definition) is 1. The first-order chi connectivity index (χ1) is 6.85. The Bertz CT molecular complexity index is 379. The second-order valence-electron chi connectivity index (χ2n) is 3.87. The minimum Gasteiger partial charge on any atom is -0.381 e. The van der Waals surface area contributed by atoms with Crippen molar-refractivity contribution in [2.45, 2.75) is 25.5 Å². The summed E-state index contributed by atoms with van der Waals surface area (Å²) in [6, 6.07) is 6.44. The Morgan fingerprint density at radius 2 is 2.13 bits per heavy atom. The summed E-state index contributed by atoms with van der Waals surface area (Å²) in [4.78, 5) is 10.2. The van der Waals surface area contributed by atoms with Gasteiger partial charge in [-0.3, -0.25) is 10.1 Å². The number of rotatable bonds is 3. The minimum absolute atomic E-state index is 0.448. The van der Waals surface area contributed by atoms with E-state index in [1.54, 1.807) is 18.2 Å². The molecule has 15 heavy (non-hydrogen) atoms. The molecule has 0 saturated carbocycles. The van der Waals surface area contributed by atoms with Gasteiger partial charge in [-0.15, -0.1) is 0 Å². The summed E-state index contributed by atoms with van der Waals surface area (Å²) < 4.78 is 0. The quantitative estimate of drug-likeness (QED) is 0.640. The number of hydrogen-bond acceptors (Lipinski definition) is 3. The molecule has 0 aliphatic carbocycles. The first kappa shape index (κ1) is 11.9. The molecule has 1 N–H and O–H groups in total. The van der Waals surface area contributed by atoms with Gasteiger partial charge in [0.25, 0.3) is 0 Å². The van der Waals surface area contributed by atoms with Gasteiger partial charge in [0.2, 0.25) is 5.54 Å². The molecule has 1 rings (SSSR count). The second-order valence-corrected chi connectivity index (χ2v) is 4.30. The van der Waals surface area contributed by atoms with Crippen LogP contribution in [0.1, 0.15) is 25.5 Å². The highest BCUT2D eigenvalue weighted by molar-refractivity contribution is 6.30. The maximum atomic E-state index is 10.7. The van der Waals surface area contributed by atoms with Crippen LogP contribution in [0.2, 0.25) is 5.02 Å². The van der Waals surface area contributed by atoms with Crippen LogP contribution < -0.4 is 0 Å². The summed E-state index contributed by atoms with van der Waals surface area (Å²) in [6.45, 7) is 2.75. The molecule has 0 saturated heterocycles. The first-order valence-electron chi connectivity index (χ1n) is 4.43. The SMILES string of the molecule is CC(C)(C(O)c1cccc(Cl)c1)[N+](=O)[O-]. The monoisotopic (exact) mass is 229 g/mol. The van der Waals surface area contributed by atoms with E-state index in [0.29, 0.717) is 10.6 Å². The highest BCUT2D eigenvalue weighted by atomic mass is 35.5. The van der Waals surface area contributed by atoms with Crippen LogP contribution >= 0.6 is 11.6 Å². The molecule has 0 aliphatic rings. The lowest BCUT2D eigenvalue weighted by Gasteiger charge is -2.22. The van der Waals surface area contributed by atoms with Crippen molar-refractivity contribution in [1.29, 1.82) is 0 Å². The van der Waals surface area contributed by atoms with E-state index in [9.17, 15) is 15.2 Å². The molecule has 1 aromatic carbocycles. The Morgan fingerprint density at radius 3 is 2.60 bits per heavy atom. The molecular formula is C10H12ClNO3. The summed E-state index contributed by atoms with van der Waals surface area (Å²) in [5.41, 5.74) is -0.978. The van der Waals surface area contributed by atoms with E-state index >= 15 is 0 Å². The van der Waals surface area contributed by atoms with Crippen molar-refractivity contribution in [3.05, 3.63) is 45.0 Å². The molecule has 5 heteroatoms. The van der Waals surface area contributed by atoms with E-state index in [0.717, 1.165) is 0 Å². The normalized spacial score (nSPS) is 13.6. The fraction of sp³-hybridized carbons (Fsp3) is 0.400. The van der Waals surface area contributed by atoms with Crippen LogP contribution in [0.15, 0.2) is 24.3 Å². The number of nitrogens with zero attached hydrogens (tertiary/aromatic N) is 1. The first-order valence-corrected chi connectivity index (χ1v) is 4.81. The van der Waals surface area contributed by atoms with E-state index in [2.05, 4.69) is 0 Å². The lowest BCUT2D eigenvalue weighted by molar-refractivity contribution is -0.575. The average Bonchev–Trinajstić information content (AvgIpc) is 2.16. The van der Waals surface area contributed by atoms with Gasteiger partial charge >= 0.3 is 0 Å². The maximum Gasteiger partial charge on any atom is 0.246 e. The van der Waals surface area contributed by atoms with Crippen molar-refractivity contribution < 1.29 is 10.0 Å². The molecule has 0 amide bonds. The largest absolute Gasteiger partial charge is 0.381 e. The van der Waals surface area contributed by atoms with Crippen LogP contribution in [0.4, 0.5) is 0 Å². The maximum absolute atomic E-state index is 10.7. The van der Waals surface area contributed by atoms with Crippen LogP contribution in [0, 0.1) is 10.1 Å². The molecule has 0 heterocycles. The Hall–Kier alpha value is -1.13. The Kier molecular flexibility index (Phi) is 3.31. The van der Waals surface area contributed by atoms with Crippen molar-refractivity contribution in [3.63, 3.8) is 0 Å². The zero-order valence-electron chi connectivity index (χ0n) is 8.48. The number of aliphatic hydroxyl groups excluding tert-OH is 1. The molecule has 0 fully saturated rings. The van der Waals surface area contributed by atoms with Crippen LogP contribution in [-0.2, 0) is 0 Å². The fourth-order valence-electron chi connectivity index (χ4n) is 1.18. The van der Waals surface area contributed by atoms with Crippen LogP contribution in [0.5, 0.6) is 0 Å². The summed E-state index contributed by atoms with van der Waals surface area (Å²) in [6.07, 6.45) is -1.17. The predicted molar refractivity (Wildman–Crippen MR) is 57.5 cm³/mol. The number of aliphatic hydroxyl groups is 1. The molecule has 0 radical (unpaired) electrons. The molecule has 4 nitrogen and oxygen atoms in total. The molecule has 0 aromatic heterocycles. The van der Waals surface area contributed by atoms with E-state index in [4.69, 9.17) is 11.6 Å². The van der Waals surface area contributed by atoms with Gasteiger partial charge in [-0.1, -0.05) is 23.7 Å². The molecule has 0 bridgehead atoms. The van der Waals surface area contributed by atoms with Crippen molar-refractivity contribution in [2.24, 2.45) is 0 Å². The molecule has 1 aromatic rings. The van der Waals surface area contributed by atoms with Gasteiger partial charge in [0.05, 0.1) is 0 Å². The van der Waals surface area contributed by atoms with E-state index in [1.165, 1.54) is 19.9 Å². The Balaban J connectivity index is 3.04. The van der Waals surface area contributed by atoms with Crippen LogP contribution in [0.3, 0.4) is 0 Å². The Labute approximate surface area is 92.6 Å². The summed E-state index contributed by atoms with van der Waals surface area (Å²) in [5, 5.41) is 21.0. The number of nitro groups is 1. The van der Waals surface area contributed by atoms with Gasteiger partial charge in [0, 0.05) is 23.8 Å². The smallest absolute Gasteiger partial charge is 0.246 e. The van der Waals surface area contributed by atoms with Gasteiger partial charge < -0.3 is 5.11 Å². The summed E-state index contributed by atoms with van der Waals surface area (Å²) >= 11 is 5.74. The number of benzene rings is 1. The number of halogens is 1.